The summed E-state index contributed by atoms with van der Waals surface area (Å²) in [6.45, 7) is 0. The van der Waals surface area contributed by atoms with E-state index in [4.69, 9.17) is 19.4 Å². The van der Waals surface area contributed by atoms with Crippen LogP contribution in [0.25, 0.3) is 104 Å². The molecule has 6 heteroatoms. The molecule has 0 radical (unpaired) electrons. The Morgan fingerprint density at radius 3 is 1.63 bits per heavy atom. The summed E-state index contributed by atoms with van der Waals surface area (Å²) in [5.41, 5.74) is 8.11. The van der Waals surface area contributed by atoms with Crippen molar-refractivity contribution in [1.82, 2.24) is 19.5 Å². The highest BCUT2D eigenvalue weighted by Gasteiger charge is 2.18. The van der Waals surface area contributed by atoms with Crippen molar-refractivity contribution >= 4 is 75.3 Å². The number of thiophene rings is 1. The molecule has 0 saturated carbocycles. The van der Waals surface area contributed by atoms with E-state index in [0.717, 1.165) is 44.3 Å². The summed E-state index contributed by atoms with van der Waals surface area (Å²) < 4.78 is 11.2. The summed E-state index contributed by atoms with van der Waals surface area (Å²) >= 11 is 1.78. The predicted molar refractivity (Wildman–Crippen MR) is 211 cm³/mol. The molecule has 0 aliphatic heterocycles. The van der Waals surface area contributed by atoms with Crippen LogP contribution in [-0.2, 0) is 0 Å². The van der Waals surface area contributed by atoms with Crippen molar-refractivity contribution in [3.63, 3.8) is 0 Å². The Kier molecular flexibility index (Phi) is 6.05. The zero-order valence-electron chi connectivity index (χ0n) is 27.1. The van der Waals surface area contributed by atoms with Gasteiger partial charge in [0.2, 0.25) is 0 Å². The van der Waals surface area contributed by atoms with Crippen molar-refractivity contribution in [1.29, 1.82) is 0 Å². The molecule has 4 heterocycles. The van der Waals surface area contributed by atoms with Gasteiger partial charge >= 0.3 is 0 Å². The molecule has 11 rings (SSSR count). The van der Waals surface area contributed by atoms with Gasteiger partial charge in [0, 0.05) is 64.1 Å². The Balaban J connectivity index is 1.10. The molecule has 0 aliphatic rings. The predicted octanol–water partition coefficient (Wildman–Crippen LogP) is 12.2. The summed E-state index contributed by atoms with van der Waals surface area (Å²) in [7, 11) is 0. The number of para-hydroxylation sites is 2. The van der Waals surface area contributed by atoms with Gasteiger partial charge in [-0.05, 0) is 60.7 Å². The Morgan fingerprint density at radius 1 is 0.392 bits per heavy atom. The molecule has 7 aromatic carbocycles. The number of rotatable bonds is 4. The second-order valence-corrected chi connectivity index (χ2v) is 13.9. The average molecular weight is 671 g/mol. The minimum absolute atomic E-state index is 0.648. The van der Waals surface area contributed by atoms with E-state index in [1.807, 2.05) is 60.7 Å². The van der Waals surface area contributed by atoms with E-state index < -0.39 is 0 Å². The number of nitrogens with zero attached hydrogens (tertiary/aromatic N) is 4. The summed E-state index contributed by atoms with van der Waals surface area (Å²) in [5.74, 6) is 1.95. The van der Waals surface area contributed by atoms with Crippen molar-refractivity contribution in [2.45, 2.75) is 0 Å². The third-order valence-corrected chi connectivity index (χ3v) is 11.0. The van der Waals surface area contributed by atoms with Gasteiger partial charge in [-0.2, -0.15) is 0 Å². The second-order valence-electron chi connectivity index (χ2n) is 12.8. The van der Waals surface area contributed by atoms with Crippen LogP contribution in [0.4, 0.5) is 0 Å². The standard InChI is InChI=1S/C45H26N4OS/c1-3-11-27(12-4-1)43-46-44(28-13-5-2-6-14-28)48-45(47-43)29-19-22-41-35(23-29)36-25-34-33-24-30(20-21-39(33)50-40(34)26-42(36)51-41)49-37-17-9-7-15-31(37)32-16-8-10-18-38(32)49/h1-26H. The van der Waals surface area contributed by atoms with E-state index >= 15 is 0 Å². The van der Waals surface area contributed by atoms with Gasteiger partial charge in [0.1, 0.15) is 11.2 Å². The fraction of sp³-hybridized carbons (Fsp3) is 0. The van der Waals surface area contributed by atoms with E-state index in [2.05, 4.69) is 102 Å². The number of hydrogen-bond donors (Lipinski definition) is 0. The van der Waals surface area contributed by atoms with Gasteiger partial charge < -0.3 is 8.98 Å². The van der Waals surface area contributed by atoms with Gasteiger partial charge in [-0.15, -0.1) is 11.3 Å². The maximum Gasteiger partial charge on any atom is 0.164 e. The van der Waals surface area contributed by atoms with Gasteiger partial charge in [0.15, 0.2) is 17.5 Å². The van der Waals surface area contributed by atoms with Gasteiger partial charge in [-0.25, -0.2) is 15.0 Å². The van der Waals surface area contributed by atoms with Gasteiger partial charge in [0.25, 0.3) is 0 Å². The van der Waals surface area contributed by atoms with Crippen LogP contribution in [0.5, 0.6) is 0 Å². The van der Waals surface area contributed by atoms with Crippen LogP contribution in [0.15, 0.2) is 162 Å². The molecule has 0 spiro atoms. The Bertz CT molecular complexity index is 3030. The zero-order valence-corrected chi connectivity index (χ0v) is 27.9. The maximum atomic E-state index is 6.48. The highest BCUT2D eigenvalue weighted by molar-refractivity contribution is 7.25. The van der Waals surface area contributed by atoms with Crippen LogP contribution in [0, 0.1) is 0 Å². The fourth-order valence-electron chi connectivity index (χ4n) is 7.45. The number of furan rings is 1. The minimum Gasteiger partial charge on any atom is -0.456 e. The summed E-state index contributed by atoms with van der Waals surface area (Å²) in [6.07, 6.45) is 0. The first-order chi connectivity index (χ1) is 25.2. The largest absolute Gasteiger partial charge is 0.456 e. The number of fused-ring (bicyclic) bond motifs is 9. The highest BCUT2D eigenvalue weighted by Crippen LogP contribution is 2.42. The third kappa shape index (κ3) is 4.43. The molecule has 0 fully saturated rings. The van der Waals surface area contributed by atoms with Crippen LogP contribution in [0.2, 0.25) is 0 Å². The molecule has 0 bridgehead atoms. The van der Waals surface area contributed by atoms with E-state index in [-0.39, 0.29) is 0 Å². The SMILES string of the molecule is c1ccc(-c2nc(-c3ccccc3)nc(-c3ccc4sc5cc6oc7ccc(-n8c9ccccc9c9ccccc98)cc7c6cc5c4c3)n2)cc1. The van der Waals surface area contributed by atoms with Crippen molar-refractivity contribution < 1.29 is 4.42 Å². The molecule has 0 N–H and O–H groups in total. The normalized spacial score (nSPS) is 11.9. The maximum absolute atomic E-state index is 6.48. The van der Waals surface area contributed by atoms with Crippen LogP contribution in [0.1, 0.15) is 0 Å². The molecule has 0 saturated heterocycles. The quantitative estimate of drug-likeness (QED) is 0.187. The van der Waals surface area contributed by atoms with Crippen molar-refractivity contribution in [3.8, 4) is 39.9 Å². The highest BCUT2D eigenvalue weighted by atomic mass is 32.1. The Hall–Kier alpha value is -6.63. The topological polar surface area (TPSA) is 56.7 Å². The van der Waals surface area contributed by atoms with E-state index in [1.54, 1.807) is 11.3 Å². The molecule has 5 nitrogen and oxygen atoms in total. The molecule has 0 unspecified atom stereocenters. The lowest BCUT2D eigenvalue weighted by molar-refractivity contribution is 0.669. The lowest BCUT2D eigenvalue weighted by Gasteiger charge is -2.08. The van der Waals surface area contributed by atoms with Crippen molar-refractivity contribution in [2.75, 3.05) is 0 Å². The third-order valence-electron chi connectivity index (χ3n) is 9.84. The monoisotopic (exact) mass is 670 g/mol. The number of aromatic nitrogens is 4. The van der Waals surface area contributed by atoms with Gasteiger partial charge in [-0.3, -0.25) is 0 Å². The number of benzene rings is 7. The first kappa shape index (κ1) is 28.2. The molecule has 0 amide bonds. The lowest BCUT2D eigenvalue weighted by Crippen LogP contribution is -2.00. The molecule has 51 heavy (non-hydrogen) atoms. The van der Waals surface area contributed by atoms with Crippen molar-refractivity contribution in [3.05, 3.63) is 158 Å². The number of hydrogen-bond acceptors (Lipinski definition) is 5. The van der Waals surface area contributed by atoms with Crippen LogP contribution >= 0.6 is 11.3 Å². The molecular formula is C45H26N4OS. The van der Waals surface area contributed by atoms with E-state index in [1.165, 1.54) is 42.0 Å². The summed E-state index contributed by atoms with van der Waals surface area (Å²) in [5, 5.41) is 7.05. The average Bonchev–Trinajstić information content (AvgIpc) is 3.85. The molecule has 11 aromatic rings. The molecule has 238 valence electrons. The fourth-order valence-corrected chi connectivity index (χ4v) is 8.55. The molecule has 4 aromatic heterocycles. The van der Waals surface area contributed by atoms with Crippen molar-refractivity contribution in [2.24, 2.45) is 0 Å². The molecular weight excluding hydrogens is 645 g/mol. The first-order valence-electron chi connectivity index (χ1n) is 16.9. The Morgan fingerprint density at radius 2 is 0.961 bits per heavy atom. The lowest BCUT2D eigenvalue weighted by atomic mass is 10.1. The van der Waals surface area contributed by atoms with Crippen LogP contribution < -0.4 is 0 Å². The summed E-state index contributed by atoms with van der Waals surface area (Å²) in [4.78, 5) is 14.9. The molecule has 0 atom stereocenters. The smallest absolute Gasteiger partial charge is 0.164 e. The minimum atomic E-state index is 0.648. The Labute approximate surface area is 295 Å². The molecule has 0 aliphatic carbocycles. The van der Waals surface area contributed by atoms with Crippen LogP contribution in [-0.4, -0.2) is 19.5 Å². The zero-order chi connectivity index (χ0) is 33.5. The van der Waals surface area contributed by atoms with Gasteiger partial charge in [0.05, 0.1) is 11.0 Å². The van der Waals surface area contributed by atoms with Gasteiger partial charge in [-0.1, -0.05) is 97.1 Å². The van der Waals surface area contributed by atoms with E-state index in [0.29, 0.717) is 17.5 Å². The first-order valence-corrected chi connectivity index (χ1v) is 17.8. The van der Waals surface area contributed by atoms with Crippen LogP contribution in [0.3, 0.4) is 0 Å². The van der Waals surface area contributed by atoms with E-state index in [9.17, 15) is 0 Å². The summed E-state index contributed by atoms with van der Waals surface area (Å²) in [6, 6.07) is 55.0. The second kappa shape index (κ2) is 10.9.